The quantitative estimate of drug-likeness (QED) is 0.522. The summed E-state index contributed by atoms with van der Waals surface area (Å²) in [6, 6.07) is 14.2. The highest BCUT2D eigenvalue weighted by molar-refractivity contribution is 5.99. The van der Waals surface area contributed by atoms with Gasteiger partial charge in [-0.25, -0.2) is 4.98 Å². The standard InChI is InChI=1S/C21H18N4O4/c1-12-14-7-4-6-10-17(14)29-19(12)20(27)24-23-18(26)11-25-13(2)22-16-9-5-3-8-15(16)21(25)28/h3-10H,11H2,1-2H3,(H,23,26)(H,24,27). The summed E-state index contributed by atoms with van der Waals surface area (Å²) in [6.45, 7) is 3.14. The molecule has 0 fully saturated rings. The summed E-state index contributed by atoms with van der Waals surface area (Å²) >= 11 is 0. The monoisotopic (exact) mass is 390 g/mol. The summed E-state index contributed by atoms with van der Waals surface area (Å²) in [7, 11) is 0. The highest BCUT2D eigenvalue weighted by Gasteiger charge is 2.18. The van der Waals surface area contributed by atoms with Crippen molar-refractivity contribution in [2.24, 2.45) is 0 Å². The van der Waals surface area contributed by atoms with Gasteiger partial charge in [0.15, 0.2) is 5.76 Å². The van der Waals surface area contributed by atoms with Crippen LogP contribution in [-0.4, -0.2) is 21.4 Å². The lowest BCUT2D eigenvalue weighted by Gasteiger charge is -2.11. The van der Waals surface area contributed by atoms with Crippen molar-refractivity contribution in [1.29, 1.82) is 0 Å². The Labute approximate surface area is 165 Å². The highest BCUT2D eigenvalue weighted by atomic mass is 16.3. The Kier molecular flexibility index (Phi) is 4.59. The third-order valence-corrected chi connectivity index (χ3v) is 4.72. The van der Waals surface area contributed by atoms with Gasteiger partial charge in [-0.05, 0) is 32.0 Å². The first-order valence-electron chi connectivity index (χ1n) is 8.99. The molecule has 146 valence electrons. The Bertz CT molecular complexity index is 1320. The van der Waals surface area contributed by atoms with E-state index in [1.807, 2.05) is 18.2 Å². The van der Waals surface area contributed by atoms with Gasteiger partial charge in [0.05, 0.1) is 10.9 Å². The summed E-state index contributed by atoms with van der Waals surface area (Å²) in [4.78, 5) is 41.7. The minimum Gasteiger partial charge on any atom is -0.451 e. The van der Waals surface area contributed by atoms with E-state index in [1.54, 1.807) is 44.2 Å². The van der Waals surface area contributed by atoms with Gasteiger partial charge in [0.2, 0.25) is 0 Å². The largest absolute Gasteiger partial charge is 0.451 e. The molecule has 2 aromatic carbocycles. The van der Waals surface area contributed by atoms with E-state index < -0.39 is 11.8 Å². The second-order valence-corrected chi connectivity index (χ2v) is 6.62. The number of rotatable bonds is 3. The molecule has 0 spiro atoms. The Morgan fingerprint density at radius 3 is 2.45 bits per heavy atom. The predicted octanol–water partition coefficient (Wildman–Crippen LogP) is 2.22. The van der Waals surface area contributed by atoms with Crippen LogP contribution in [0.3, 0.4) is 0 Å². The van der Waals surface area contributed by atoms with Crippen molar-refractivity contribution in [1.82, 2.24) is 20.4 Å². The van der Waals surface area contributed by atoms with Gasteiger partial charge in [0.1, 0.15) is 18.0 Å². The van der Waals surface area contributed by atoms with Crippen LogP contribution in [0.15, 0.2) is 57.7 Å². The van der Waals surface area contributed by atoms with E-state index in [1.165, 1.54) is 4.57 Å². The normalized spacial score (nSPS) is 11.0. The van der Waals surface area contributed by atoms with Gasteiger partial charge in [-0.3, -0.25) is 29.8 Å². The SMILES string of the molecule is Cc1c(C(=O)NNC(=O)Cn2c(C)nc3ccccc3c2=O)oc2ccccc12. The van der Waals surface area contributed by atoms with Crippen LogP contribution in [0.4, 0.5) is 0 Å². The van der Waals surface area contributed by atoms with Crippen LogP contribution in [0, 0.1) is 13.8 Å². The number of aryl methyl sites for hydroxylation is 2. The average Bonchev–Trinajstić information content (AvgIpc) is 3.06. The zero-order valence-corrected chi connectivity index (χ0v) is 15.9. The van der Waals surface area contributed by atoms with Crippen LogP contribution in [-0.2, 0) is 11.3 Å². The number of nitrogens with one attached hydrogen (secondary N) is 2. The van der Waals surface area contributed by atoms with Crippen molar-refractivity contribution in [2.45, 2.75) is 20.4 Å². The van der Waals surface area contributed by atoms with Crippen molar-refractivity contribution in [3.8, 4) is 0 Å². The van der Waals surface area contributed by atoms with Crippen LogP contribution < -0.4 is 16.4 Å². The third-order valence-electron chi connectivity index (χ3n) is 4.72. The van der Waals surface area contributed by atoms with Crippen LogP contribution in [0.5, 0.6) is 0 Å². The summed E-state index contributed by atoms with van der Waals surface area (Å²) in [6.07, 6.45) is 0. The van der Waals surface area contributed by atoms with Gasteiger partial charge in [-0.2, -0.15) is 0 Å². The van der Waals surface area contributed by atoms with E-state index in [0.717, 1.165) is 5.39 Å². The number of furan rings is 1. The average molecular weight is 390 g/mol. The van der Waals surface area contributed by atoms with E-state index in [0.29, 0.717) is 27.9 Å². The second kappa shape index (κ2) is 7.23. The maximum Gasteiger partial charge on any atom is 0.305 e. The molecule has 8 heteroatoms. The number of hydrogen-bond acceptors (Lipinski definition) is 5. The first-order chi connectivity index (χ1) is 14.0. The van der Waals surface area contributed by atoms with Crippen molar-refractivity contribution in [3.05, 3.63) is 76.0 Å². The van der Waals surface area contributed by atoms with Crippen molar-refractivity contribution >= 4 is 33.7 Å². The molecule has 2 N–H and O–H groups in total. The van der Waals surface area contributed by atoms with Crippen LogP contribution >= 0.6 is 0 Å². The summed E-state index contributed by atoms with van der Waals surface area (Å²) in [5.74, 6) is -0.613. The molecule has 2 heterocycles. The molecule has 2 aromatic heterocycles. The number of aromatic nitrogens is 2. The Hall–Kier alpha value is -3.94. The Morgan fingerprint density at radius 1 is 1.00 bits per heavy atom. The molecular weight excluding hydrogens is 372 g/mol. The zero-order valence-electron chi connectivity index (χ0n) is 15.9. The van der Waals surface area contributed by atoms with Crippen LogP contribution in [0.2, 0.25) is 0 Å². The smallest absolute Gasteiger partial charge is 0.305 e. The number of benzene rings is 2. The Balaban J connectivity index is 1.49. The molecular formula is C21H18N4O4. The minimum absolute atomic E-state index is 0.118. The molecule has 0 aliphatic rings. The molecule has 0 aliphatic heterocycles. The molecule has 2 amide bonds. The fourth-order valence-corrected chi connectivity index (χ4v) is 3.22. The molecule has 8 nitrogen and oxygen atoms in total. The number of carbonyl (C=O) groups is 2. The lowest BCUT2D eigenvalue weighted by molar-refractivity contribution is -0.122. The van der Waals surface area contributed by atoms with Crippen molar-refractivity contribution in [3.63, 3.8) is 0 Å². The lowest BCUT2D eigenvalue weighted by atomic mass is 10.1. The number of hydrazine groups is 1. The molecule has 0 atom stereocenters. The summed E-state index contributed by atoms with van der Waals surface area (Å²) in [5.41, 5.74) is 6.17. The first kappa shape index (κ1) is 18.4. The molecule has 4 rings (SSSR count). The van der Waals surface area contributed by atoms with Gasteiger partial charge in [0.25, 0.3) is 11.5 Å². The first-order valence-corrected chi connectivity index (χ1v) is 8.99. The fraction of sp³-hybridized carbons (Fsp3) is 0.143. The molecule has 0 radical (unpaired) electrons. The van der Waals surface area contributed by atoms with Gasteiger partial charge < -0.3 is 4.42 Å². The predicted molar refractivity (Wildman–Crippen MR) is 107 cm³/mol. The molecule has 4 aromatic rings. The topological polar surface area (TPSA) is 106 Å². The number of nitrogens with zero attached hydrogens (tertiary/aromatic N) is 2. The van der Waals surface area contributed by atoms with Gasteiger partial charge in [-0.15, -0.1) is 0 Å². The van der Waals surface area contributed by atoms with Gasteiger partial charge in [0, 0.05) is 10.9 Å². The molecule has 29 heavy (non-hydrogen) atoms. The number of amides is 2. The number of hydrogen-bond donors (Lipinski definition) is 2. The van der Waals surface area contributed by atoms with Crippen molar-refractivity contribution < 1.29 is 14.0 Å². The molecule has 0 saturated carbocycles. The summed E-state index contributed by atoms with van der Waals surface area (Å²) in [5, 5.41) is 1.25. The van der Waals surface area contributed by atoms with E-state index in [4.69, 9.17) is 4.42 Å². The van der Waals surface area contributed by atoms with E-state index >= 15 is 0 Å². The maximum atomic E-state index is 12.6. The molecule has 0 aliphatic carbocycles. The molecule has 0 saturated heterocycles. The van der Waals surface area contributed by atoms with Gasteiger partial charge in [-0.1, -0.05) is 30.3 Å². The third kappa shape index (κ3) is 3.36. The summed E-state index contributed by atoms with van der Waals surface area (Å²) < 4.78 is 6.83. The molecule has 0 unspecified atom stereocenters. The second-order valence-electron chi connectivity index (χ2n) is 6.62. The molecule has 0 bridgehead atoms. The maximum absolute atomic E-state index is 12.6. The van der Waals surface area contributed by atoms with E-state index in [-0.39, 0.29) is 17.9 Å². The highest BCUT2D eigenvalue weighted by Crippen LogP contribution is 2.24. The van der Waals surface area contributed by atoms with Gasteiger partial charge >= 0.3 is 5.91 Å². The lowest BCUT2D eigenvalue weighted by Crippen LogP contribution is -2.44. The van der Waals surface area contributed by atoms with Crippen LogP contribution in [0.1, 0.15) is 21.9 Å². The number of carbonyl (C=O) groups excluding carboxylic acids is 2. The van der Waals surface area contributed by atoms with E-state index in [9.17, 15) is 14.4 Å². The minimum atomic E-state index is -0.576. The van der Waals surface area contributed by atoms with Crippen LogP contribution in [0.25, 0.3) is 21.9 Å². The number of para-hydroxylation sites is 2. The zero-order chi connectivity index (χ0) is 20.5. The fourth-order valence-electron chi connectivity index (χ4n) is 3.22. The Morgan fingerprint density at radius 2 is 1.69 bits per heavy atom. The van der Waals surface area contributed by atoms with Crippen molar-refractivity contribution in [2.75, 3.05) is 0 Å². The number of fused-ring (bicyclic) bond motifs is 2. The van der Waals surface area contributed by atoms with E-state index in [2.05, 4.69) is 15.8 Å².